The molecule has 230 valence electrons. The lowest BCUT2D eigenvalue weighted by atomic mass is 9.58. The lowest BCUT2D eigenvalue weighted by molar-refractivity contribution is -0.122. The van der Waals surface area contributed by atoms with Gasteiger partial charge in [0.05, 0.1) is 29.3 Å². The van der Waals surface area contributed by atoms with E-state index in [2.05, 4.69) is 11.9 Å². The molecular formula is C34H36B2N2O7. The molecule has 1 aliphatic carbocycles. The smallest absolute Gasteiger partial charge is 0.488 e. The van der Waals surface area contributed by atoms with Gasteiger partial charge in [-0.05, 0) is 90.9 Å². The Labute approximate surface area is 263 Å². The third-order valence-electron chi connectivity index (χ3n) is 9.22. The Balaban J connectivity index is 1.33. The summed E-state index contributed by atoms with van der Waals surface area (Å²) in [5.41, 5.74) is 4.94. The number of carbonyl (C=O) groups excluding carboxylic acids is 2. The number of phenolic OH excluding ortho intramolecular Hbond substituents is 1. The van der Waals surface area contributed by atoms with E-state index in [0.717, 1.165) is 35.3 Å². The Morgan fingerprint density at radius 2 is 1.87 bits per heavy atom. The summed E-state index contributed by atoms with van der Waals surface area (Å²) in [5, 5.41) is 40.8. The second-order valence-corrected chi connectivity index (χ2v) is 12.0. The summed E-state index contributed by atoms with van der Waals surface area (Å²) in [6.07, 6.45) is 6.46. The van der Waals surface area contributed by atoms with Crippen LogP contribution in [0.15, 0.2) is 84.1 Å². The summed E-state index contributed by atoms with van der Waals surface area (Å²) in [7, 11) is -2.83. The minimum atomic E-state index is -1.73. The fourth-order valence-corrected chi connectivity index (χ4v) is 7.29. The molecule has 0 unspecified atom stereocenters. The molecule has 45 heavy (non-hydrogen) atoms. The SMILES string of the molecule is CCCC1=C2[C@@H](CC/C(=C/c3ccccc3O)c3ccccn3)OB(O)C[C@@H]2[C@@H]2C(=O)N(c3cccc(B(O)O)c3)C(=O)[C@@H]2C1. The lowest BCUT2D eigenvalue weighted by Gasteiger charge is -2.43. The van der Waals surface area contributed by atoms with Crippen molar-refractivity contribution in [1.82, 2.24) is 4.98 Å². The number of anilines is 1. The molecule has 2 aromatic carbocycles. The summed E-state index contributed by atoms with van der Waals surface area (Å²) in [6.45, 7) is 2.08. The number of aromatic hydroxyl groups is 1. The third kappa shape index (κ3) is 6.13. The molecule has 4 N–H and O–H groups in total. The number of nitrogens with zero attached hydrogens (tertiary/aromatic N) is 2. The standard InChI is InChI=1S/C34H36B2N2O7/c1-2-8-23-18-26-32(34(41)38(33(26)40)25-11-7-10-24(19-25)36(43)44)27-20-35(42)45-30(31(23)27)15-14-21(28-12-5-6-16-37-28)17-22-9-3-4-13-29(22)39/h3-7,9-13,16-17,19,26-27,30,32,39,42-44H,2,8,14-15,18,20H2,1H3/b21-17-/t26-,27+,30-,32-/m1/s1. The maximum absolute atomic E-state index is 14.0. The first-order chi connectivity index (χ1) is 21.8. The zero-order valence-electron chi connectivity index (χ0n) is 25.1. The molecule has 2 fully saturated rings. The number of hydrogen-bond acceptors (Lipinski definition) is 8. The van der Waals surface area contributed by atoms with Crippen molar-refractivity contribution in [3.8, 4) is 5.75 Å². The van der Waals surface area contributed by atoms with Gasteiger partial charge in [-0.15, -0.1) is 0 Å². The number of allylic oxidation sites excluding steroid dienone is 2. The molecule has 3 aromatic rings. The van der Waals surface area contributed by atoms with Crippen LogP contribution in [0.3, 0.4) is 0 Å². The van der Waals surface area contributed by atoms with E-state index in [9.17, 15) is 29.8 Å². The number of para-hydroxylation sites is 1. The summed E-state index contributed by atoms with van der Waals surface area (Å²) in [6, 6.07) is 19.0. The first-order valence-corrected chi connectivity index (χ1v) is 15.6. The number of imide groups is 1. The van der Waals surface area contributed by atoms with Crippen LogP contribution < -0.4 is 10.4 Å². The van der Waals surface area contributed by atoms with Crippen molar-refractivity contribution >= 4 is 48.9 Å². The van der Waals surface area contributed by atoms with Gasteiger partial charge in [0.1, 0.15) is 5.75 Å². The summed E-state index contributed by atoms with van der Waals surface area (Å²) < 4.78 is 6.19. The molecule has 2 aliphatic heterocycles. The second kappa shape index (κ2) is 13.1. The van der Waals surface area contributed by atoms with Crippen LogP contribution in [0, 0.1) is 17.8 Å². The van der Waals surface area contributed by atoms with E-state index < -0.39 is 32.2 Å². The molecule has 3 aliphatic rings. The Hall–Kier alpha value is -4.02. The Morgan fingerprint density at radius 3 is 2.60 bits per heavy atom. The molecule has 2 saturated heterocycles. The quantitative estimate of drug-likeness (QED) is 0.165. The lowest BCUT2D eigenvalue weighted by Crippen LogP contribution is -2.46. The van der Waals surface area contributed by atoms with Gasteiger partial charge in [-0.2, -0.15) is 0 Å². The second-order valence-electron chi connectivity index (χ2n) is 12.0. The Bertz CT molecular complexity index is 1640. The van der Waals surface area contributed by atoms with Crippen molar-refractivity contribution in [1.29, 1.82) is 0 Å². The average molecular weight is 606 g/mol. The molecule has 0 spiro atoms. The van der Waals surface area contributed by atoms with E-state index in [1.165, 1.54) is 17.0 Å². The number of amides is 2. The number of fused-ring (bicyclic) bond motifs is 3. The summed E-state index contributed by atoms with van der Waals surface area (Å²) in [5.74, 6) is -2.06. The van der Waals surface area contributed by atoms with E-state index in [0.29, 0.717) is 30.5 Å². The van der Waals surface area contributed by atoms with Crippen LogP contribution >= 0.6 is 0 Å². The predicted molar refractivity (Wildman–Crippen MR) is 173 cm³/mol. The molecule has 0 bridgehead atoms. The zero-order valence-corrected chi connectivity index (χ0v) is 25.1. The first kappa shape index (κ1) is 31.0. The van der Waals surface area contributed by atoms with Crippen LogP contribution in [-0.4, -0.2) is 57.3 Å². The molecule has 0 saturated carbocycles. The highest BCUT2D eigenvalue weighted by molar-refractivity contribution is 6.58. The molecule has 0 radical (unpaired) electrons. The van der Waals surface area contributed by atoms with Gasteiger partial charge < -0.3 is 24.8 Å². The number of phenols is 1. The molecule has 2 amide bonds. The van der Waals surface area contributed by atoms with Gasteiger partial charge in [-0.25, -0.2) is 0 Å². The molecule has 4 atom stereocenters. The van der Waals surface area contributed by atoms with Crippen LogP contribution in [-0.2, 0) is 14.2 Å². The maximum atomic E-state index is 14.0. The highest BCUT2D eigenvalue weighted by Crippen LogP contribution is 2.52. The van der Waals surface area contributed by atoms with Gasteiger partial charge in [-0.3, -0.25) is 19.5 Å². The van der Waals surface area contributed by atoms with Gasteiger partial charge in [0.15, 0.2) is 0 Å². The number of carbonyl (C=O) groups is 2. The van der Waals surface area contributed by atoms with Crippen molar-refractivity contribution in [3.63, 3.8) is 0 Å². The zero-order chi connectivity index (χ0) is 31.7. The normalized spacial score (nSPS) is 23.3. The van der Waals surface area contributed by atoms with Crippen LogP contribution in [0.25, 0.3) is 11.6 Å². The molecule has 9 nitrogen and oxygen atoms in total. The summed E-state index contributed by atoms with van der Waals surface area (Å²) >= 11 is 0. The predicted octanol–water partition coefficient (Wildman–Crippen LogP) is 3.59. The van der Waals surface area contributed by atoms with Gasteiger partial charge in [0, 0.05) is 11.8 Å². The Morgan fingerprint density at radius 1 is 1.07 bits per heavy atom. The number of aromatic nitrogens is 1. The molecular weight excluding hydrogens is 570 g/mol. The summed E-state index contributed by atoms with van der Waals surface area (Å²) in [4.78, 5) is 33.6. The number of hydrogen-bond donors (Lipinski definition) is 4. The fraction of sp³-hybridized carbons (Fsp3) is 0.324. The largest absolute Gasteiger partial charge is 0.507 e. The van der Waals surface area contributed by atoms with Crippen molar-refractivity contribution in [2.45, 2.75) is 51.5 Å². The minimum Gasteiger partial charge on any atom is -0.507 e. The number of benzene rings is 2. The third-order valence-corrected chi connectivity index (χ3v) is 9.22. The highest BCUT2D eigenvalue weighted by Gasteiger charge is 2.57. The van der Waals surface area contributed by atoms with Crippen molar-refractivity contribution in [3.05, 3.63) is 95.3 Å². The maximum Gasteiger partial charge on any atom is 0.488 e. The van der Waals surface area contributed by atoms with E-state index in [-0.39, 0.29) is 35.3 Å². The van der Waals surface area contributed by atoms with E-state index in [1.54, 1.807) is 30.5 Å². The van der Waals surface area contributed by atoms with E-state index >= 15 is 0 Å². The average Bonchev–Trinajstić information content (AvgIpc) is 3.29. The van der Waals surface area contributed by atoms with Crippen molar-refractivity contribution in [2.75, 3.05) is 4.90 Å². The highest BCUT2D eigenvalue weighted by atomic mass is 16.5. The van der Waals surface area contributed by atoms with Gasteiger partial charge in [0.25, 0.3) is 0 Å². The van der Waals surface area contributed by atoms with Crippen molar-refractivity contribution in [2.24, 2.45) is 17.8 Å². The van der Waals surface area contributed by atoms with Crippen LogP contribution in [0.2, 0.25) is 6.32 Å². The van der Waals surface area contributed by atoms with Crippen LogP contribution in [0.5, 0.6) is 5.75 Å². The van der Waals surface area contributed by atoms with E-state index in [4.69, 9.17) is 4.65 Å². The minimum absolute atomic E-state index is 0.162. The monoisotopic (exact) mass is 606 g/mol. The van der Waals surface area contributed by atoms with Gasteiger partial charge in [-0.1, -0.05) is 55.3 Å². The number of pyridine rings is 1. The molecule has 1 aromatic heterocycles. The van der Waals surface area contributed by atoms with Gasteiger partial charge >= 0.3 is 14.2 Å². The van der Waals surface area contributed by atoms with Crippen molar-refractivity contribution < 1.29 is 34.4 Å². The first-order valence-electron chi connectivity index (χ1n) is 15.6. The topological polar surface area (TPSA) is 140 Å². The Kier molecular flexibility index (Phi) is 9.05. The van der Waals surface area contributed by atoms with Crippen LogP contribution in [0.1, 0.15) is 50.3 Å². The number of rotatable bonds is 9. The van der Waals surface area contributed by atoms with E-state index in [1.807, 2.05) is 36.4 Å². The molecule has 6 rings (SSSR count). The van der Waals surface area contributed by atoms with Crippen LogP contribution in [0.4, 0.5) is 5.69 Å². The molecule has 3 heterocycles. The fourth-order valence-electron chi connectivity index (χ4n) is 7.29. The molecule has 11 heteroatoms. The van der Waals surface area contributed by atoms with Gasteiger partial charge in [0.2, 0.25) is 11.8 Å².